The standard InChI is InChI=1S/C32H20F26O4/c1-13(59)61-17-7-3-15(4-8-17)19(11-21(33,34)23(37,38)25(41,42)27(45,46)29(49,50)31(53,54)55)20(16-5-9-18(10-6-16)62-14(2)60)12-22(35,36)24(39,40)26(43,44)28(47,48)30(51,52)32(56,57)58/h3-10,19-20H,11-12H2,1-2H3. The van der Waals surface area contributed by atoms with Crippen molar-refractivity contribution in [1.82, 2.24) is 0 Å². The van der Waals surface area contributed by atoms with Gasteiger partial charge in [0.1, 0.15) is 11.5 Å². The first-order valence-corrected chi connectivity index (χ1v) is 15.7. The van der Waals surface area contributed by atoms with E-state index in [4.69, 9.17) is 0 Å². The highest BCUT2D eigenvalue weighted by molar-refractivity contribution is 5.69. The van der Waals surface area contributed by atoms with Gasteiger partial charge in [-0.3, -0.25) is 9.59 Å². The highest BCUT2D eigenvalue weighted by atomic mass is 19.4. The van der Waals surface area contributed by atoms with Crippen LogP contribution in [0.1, 0.15) is 49.7 Å². The number of benzene rings is 2. The van der Waals surface area contributed by atoms with Crippen molar-refractivity contribution in [2.75, 3.05) is 0 Å². The van der Waals surface area contributed by atoms with Gasteiger partial charge in [-0.25, -0.2) is 0 Å². The number of carbonyl (C=O) groups is 2. The van der Waals surface area contributed by atoms with Crippen molar-refractivity contribution < 1.29 is 133 Å². The first-order valence-electron chi connectivity index (χ1n) is 15.7. The average molecular weight is 962 g/mol. The van der Waals surface area contributed by atoms with Crippen LogP contribution in [0.5, 0.6) is 11.5 Å². The van der Waals surface area contributed by atoms with Crippen molar-refractivity contribution in [3.05, 3.63) is 59.7 Å². The molecule has 0 radical (unpaired) electrons. The van der Waals surface area contributed by atoms with Gasteiger partial charge in [0.05, 0.1) is 0 Å². The van der Waals surface area contributed by atoms with Gasteiger partial charge < -0.3 is 9.47 Å². The summed E-state index contributed by atoms with van der Waals surface area (Å²) in [6.45, 7) is 1.28. The van der Waals surface area contributed by atoms with Crippen LogP contribution in [-0.4, -0.2) is 83.5 Å². The molecule has 0 N–H and O–H groups in total. The molecule has 0 fully saturated rings. The van der Waals surface area contributed by atoms with Crippen molar-refractivity contribution in [2.24, 2.45) is 0 Å². The smallest absolute Gasteiger partial charge is 0.427 e. The second-order valence-electron chi connectivity index (χ2n) is 12.9. The van der Waals surface area contributed by atoms with Crippen LogP contribution in [0.15, 0.2) is 48.5 Å². The minimum absolute atomic E-state index is 0.0882. The molecule has 2 unspecified atom stereocenters. The molecule has 2 rings (SSSR count). The summed E-state index contributed by atoms with van der Waals surface area (Å²) < 4.78 is 374. The fourth-order valence-corrected chi connectivity index (χ4v) is 5.30. The van der Waals surface area contributed by atoms with E-state index < -0.39 is 131 Å². The summed E-state index contributed by atoms with van der Waals surface area (Å²) in [5, 5.41) is 0. The predicted octanol–water partition coefficient (Wildman–Crippen LogP) is 12.7. The number of hydrogen-bond donors (Lipinski definition) is 0. The minimum Gasteiger partial charge on any atom is -0.427 e. The zero-order valence-corrected chi connectivity index (χ0v) is 29.6. The van der Waals surface area contributed by atoms with E-state index in [2.05, 4.69) is 9.47 Å². The molecule has 0 heterocycles. The second kappa shape index (κ2) is 16.3. The van der Waals surface area contributed by atoms with E-state index in [1.54, 1.807) is 0 Å². The van der Waals surface area contributed by atoms with Gasteiger partial charge in [0, 0.05) is 26.7 Å². The van der Waals surface area contributed by atoms with Crippen molar-refractivity contribution in [3.63, 3.8) is 0 Å². The monoisotopic (exact) mass is 962 g/mol. The Bertz CT molecular complexity index is 1760. The Labute approximate surface area is 327 Å². The average Bonchev–Trinajstić information content (AvgIpc) is 3.08. The van der Waals surface area contributed by atoms with Crippen LogP contribution in [0.4, 0.5) is 114 Å². The molecule has 0 aliphatic carbocycles. The first-order chi connectivity index (χ1) is 27.2. The molecule has 0 saturated heterocycles. The van der Waals surface area contributed by atoms with E-state index in [1.165, 1.54) is 0 Å². The fourth-order valence-electron chi connectivity index (χ4n) is 5.30. The van der Waals surface area contributed by atoms with Crippen LogP contribution in [0, 0.1) is 0 Å². The van der Waals surface area contributed by atoms with E-state index >= 15 is 17.6 Å². The zero-order valence-electron chi connectivity index (χ0n) is 29.6. The molecule has 0 aliphatic heterocycles. The van der Waals surface area contributed by atoms with Gasteiger partial charge in [-0.1, -0.05) is 24.3 Å². The normalized spacial score (nSPS) is 15.9. The Morgan fingerprint density at radius 1 is 0.371 bits per heavy atom. The summed E-state index contributed by atoms with van der Waals surface area (Å²) in [7, 11) is 0. The number of esters is 2. The Morgan fingerprint density at radius 2 is 0.581 bits per heavy atom. The molecule has 4 nitrogen and oxygen atoms in total. The molecule has 2 atom stereocenters. The maximum absolute atomic E-state index is 15.5. The molecule has 30 heteroatoms. The minimum atomic E-state index is -8.60. The molecule has 2 aromatic carbocycles. The number of alkyl halides is 26. The van der Waals surface area contributed by atoms with Gasteiger partial charge in [-0.15, -0.1) is 0 Å². The van der Waals surface area contributed by atoms with Gasteiger partial charge in [-0.2, -0.15) is 114 Å². The van der Waals surface area contributed by atoms with Crippen LogP contribution >= 0.6 is 0 Å². The van der Waals surface area contributed by atoms with Crippen LogP contribution in [0.3, 0.4) is 0 Å². The fraction of sp³-hybridized carbons (Fsp3) is 0.562. The van der Waals surface area contributed by atoms with E-state index in [0.29, 0.717) is 38.1 Å². The summed E-state index contributed by atoms with van der Waals surface area (Å²) in [6.07, 6.45) is -23.2. The third kappa shape index (κ3) is 9.00. The molecule has 0 aliphatic rings. The first kappa shape index (κ1) is 53.7. The third-order valence-electron chi connectivity index (χ3n) is 8.57. The molecule has 0 bridgehead atoms. The number of halogens is 26. The van der Waals surface area contributed by atoms with E-state index in [0.717, 1.165) is 0 Å². The molecule has 0 amide bonds. The summed E-state index contributed by atoms with van der Waals surface area (Å²) in [6, 6.07) is 1.55. The SMILES string of the molecule is CC(=O)Oc1ccc(C(CC(F)(F)C(F)(F)C(F)(F)C(F)(F)C(F)(F)C(F)(F)F)C(CC(F)(F)C(F)(F)C(F)(F)C(F)(F)C(F)(F)C(F)(F)F)c2ccc(OC(C)=O)cc2)cc1. The Kier molecular flexibility index (Phi) is 14.1. The quantitative estimate of drug-likeness (QED) is 0.0901. The maximum atomic E-state index is 15.5. The Hall–Kier alpha value is -4.44. The van der Waals surface area contributed by atoms with Gasteiger partial charge in [-0.05, 0) is 47.2 Å². The third-order valence-corrected chi connectivity index (χ3v) is 8.57. The van der Waals surface area contributed by atoms with Crippen molar-refractivity contribution in [1.29, 1.82) is 0 Å². The predicted molar refractivity (Wildman–Crippen MR) is 152 cm³/mol. The molecule has 0 spiro atoms. The van der Waals surface area contributed by atoms with E-state index in [-0.39, 0.29) is 24.3 Å². The number of ether oxygens (including phenoxy) is 2. The molecular weight excluding hydrogens is 942 g/mol. The highest BCUT2D eigenvalue weighted by Gasteiger charge is 2.92. The summed E-state index contributed by atoms with van der Waals surface area (Å²) in [4.78, 5) is 22.5. The topological polar surface area (TPSA) is 52.6 Å². The molecule has 2 aromatic rings. The number of hydrogen-bond acceptors (Lipinski definition) is 4. The summed E-state index contributed by atoms with van der Waals surface area (Å²) >= 11 is 0. The van der Waals surface area contributed by atoms with E-state index in [9.17, 15) is 106 Å². The summed E-state index contributed by atoms with van der Waals surface area (Å²) in [5.41, 5.74) is -3.05. The lowest BCUT2D eigenvalue weighted by molar-refractivity contribution is -0.441. The van der Waals surface area contributed by atoms with Gasteiger partial charge in [0.25, 0.3) is 0 Å². The zero-order chi connectivity index (χ0) is 49.1. The Balaban J connectivity index is 3.09. The lowest BCUT2D eigenvalue weighted by Crippen LogP contribution is -2.70. The molecular formula is C32H20F26O4. The molecule has 354 valence electrons. The lowest BCUT2D eigenvalue weighted by Gasteiger charge is -2.42. The van der Waals surface area contributed by atoms with Gasteiger partial charge in [0.15, 0.2) is 0 Å². The number of carbonyl (C=O) groups excluding carboxylic acids is 2. The number of rotatable bonds is 17. The molecule has 62 heavy (non-hydrogen) atoms. The lowest BCUT2D eigenvalue weighted by atomic mass is 9.73. The van der Waals surface area contributed by atoms with Crippen molar-refractivity contribution in [2.45, 2.75) is 110 Å². The second-order valence-corrected chi connectivity index (χ2v) is 12.9. The van der Waals surface area contributed by atoms with Crippen LogP contribution in [0.2, 0.25) is 0 Å². The van der Waals surface area contributed by atoms with E-state index in [1.807, 2.05) is 0 Å². The van der Waals surface area contributed by atoms with Crippen LogP contribution in [0.25, 0.3) is 0 Å². The maximum Gasteiger partial charge on any atom is 0.460 e. The van der Waals surface area contributed by atoms with Crippen LogP contribution < -0.4 is 9.47 Å². The largest absolute Gasteiger partial charge is 0.460 e. The molecule has 0 saturated carbocycles. The molecule has 0 aromatic heterocycles. The van der Waals surface area contributed by atoms with Crippen molar-refractivity contribution >= 4 is 11.9 Å². The Morgan fingerprint density at radius 3 is 0.774 bits per heavy atom. The summed E-state index contributed by atoms with van der Waals surface area (Å²) in [5.74, 6) is -93.8. The van der Waals surface area contributed by atoms with Gasteiger partial charge >= 0.3 is 83.5 Å². The highest BCUT2D eigenvalue weighted by Crippen LogP contribution is 2.64. The van der Waals surface area contributed by atoms with Crippen LogP contribution in [-0.2, 0) is 9.59 Å². The van der Waals surface area contributed by atoms with Crippen molar-refractivity contribution in [3.8, 4) is 11.5 Å². The van der Waals surface area contributed by atoms with Gasteiger partial charge in [0.2, 0.25) is 0 Å².